The number of hydrogen-bond donors (Lipinski definition) is 2. The second-order valence-electron chi connectivity index (χ2n) is 3.34. The fourth-order valence-electron chi connectivity index (χ4n) is 1.21. The van der Waals surface area contributed by atoms with Crippen molar-refractivity contribution in [3.63, 3.8) is 0 Å². The standard InChI is InChI=1S/C11H13Cl2NO2S/c1-2-14-10(11(15)16)6-17-7-3-4-8(12)9(13)5-7/h3-5,10,14H,2,6H2,1H3,(H,15,16). The van der Waals surface area contributed by atoms with Gasteiger partial charge < -0.3 is 10.4 Å². The largest absolute Gasteiger partial charge is 0.480 e. The van der Waals surface area contributed by atoms with E-state index < -0.39 is 12.0 Å². The summed E-state index contributed by atoms with van der Waals surface area (Å²) in [7, 11) is 0. The average molecular weight is 294 g/mol. The lowest BCUT2D eigenvalue weighted by Gasteiger charge is -2.12. The van der Waals surface area contributed by atoms with Gasteiger partial charge in [-0.3, -0.25) is 4.79 Å². The first-order valence-corrected chi connectivity index (χ1v) is 6.82. The van der Waals surface area contributed by atoms with Gasteiger partial charge in [-0.25, -0.2) is 0 Å². The van der Waals surface area contributed by atoms with E-state index in [0.717, 1.165) is 4.90 Å². The molecule has 0 spiro atoms. The highest BCUT2D eigenvalue weighted by Gasteiger charge is 2.16. The number of carboxylic acids is 1. The molecule has 1 unspecified atom stereocenters. The number of benzene rings is 1. The molecule has 2 N–H and O–H groups in total. The first-order valence-electron chi connectivity index (χ1n) is 5.08. The van der Waals surface area contributed by atoms with Gasteiger partial charge in [0.2, 0.25) is 0 Å². The predicted molar refractivity (Wildman–Crippen MR) is 72.3 cm³/mol. The molecule has 0 bridgehead atoms. The van der Waals surface area contributed by atoms with Gasteiger partial charge >= 0.3 is 5.97 Å². The molecule has 0 saturated heterocycles. The molecule has 17 heavy (non-hydrogen) atoms. The van der Waals surface area contributed by atoms with E-state index in [-0.39, 0.29) is 0 Å². The van der Waals surface area contributed by atoms with Crippen LogP contribution in [0.2, 0.25) is 10.0 Å². The molecule has 1 aromatic carbocycles. The third-order valence-electron chi connectivity index (χ3n) is 2.06. The summed E-state index contributed by atoms with van der Waals surface area (Å²) in [5.74, 6) is -0.402. The first kappa shape index (κ1) is 14.6. The molecular weight excluding hydrogens is 281 g/mol. The molecule has 0 amide bonds. The second-order valence-corrected chi connectivity index (χ2v) is 5.24. The van der Waals surface area contributed by atoms with Crippen molar-refractivity contribution < 1.29 is 9.90 Å². The van der Waals surface area contributed by atoms with Gasteiger partial charge in [0, 0.05) is 10.6 Å². The molecule has 0 aliphatic carbocycles. The van der Waals surface area contributed by atoms with Gasteiger partial charge in [0.25, 0.3) is 0 Å². The van der Waals surface area contributed by atoms with E-state index in [1.165, 1.54) is 11.8 Å². The van der Waals surface area contributed by atoms with Crippen LogP contribution in [0.15, 0.2) is 23.1 Å². The quantitative estimate of drug-likeness (QED) is 0.791. The van der Waals surface area contributed by atoms with Gasteiger partial charge in [0.15, 0.2) is 0 Å². The molecular formula is C11H13Cl2NO2S. The number of hydrogen-bond acceptors (Lipinski definition) is 3. The minimum Gasteiger partial charge on any atom is -0.480 e. The molecule has 6 heteroatoms. The first-order chi connectivity index (χ1) is 8.04. The van der Waals surface area contributed by atoms with Gasteiger partial charge in [-0.2, -0.15) is 0 Å². The number of thioether (sulfide) groups is 1. The Morgan fingerprint density at radius 2 is 2.18 bits per heavy atom. The van der Waals surface area contributed by atoms with Gasteiger partial charge in [0.05, 0.1) is 10.0 Å². The minimum atomic E-state index is -0.848. The Balaban J connectivity index is 2.59. The van der Waals surface area contributed by atoms with Gasteiger partial charge in [0.1, 0.15) is 6.04 Å². The van der Waals surface area contributed by atoms with Crippen LogP contribution in [0.3, 0.4) is 0 Å². The Bertz CT molecular complexity index is 401. The third kappa shape index (κ3) is 4.76. The highest BCUT2D eigenvalue weighted by molar-refractivity contribution is 7.99. The third-order valence-corrected chi connectivity index (χ3v) is 3.88. The number of carboxylic acid groups (broad SMARTS) is 1. The lowest BCUT2D eigenvalue weighted by atomic mass is 10.3. The summed E-state index contributed by atoms with van der Waals surface area (Å²) in [6, 6.07) is 4.71. The average Bonchev–Trinajstić information content (AvgIpc) is 2.28. The van der Waals surface area contributed by atoms with Crippen LogP contribution in [0.1, 0.15) is 6.92 Å². The van der Waals surface area contributed by atoms with Crippen LogP contribution in [0.4, 0.5) is 0 Å². The molecule has 0 radical (unpaired) electrons. The SMILES string of the molecule is CCNC(CSc1ccc(Cl)c(Cl)c1)C(=O)O. The predicted octanol–water partition coefficient (Wildman–Crippen LogP) is 3.15. The van der Waals surface area contributed by atoms with Crippen LogP contribution >= 0.6 is 35.0 Å². The Morgan fingerprint density at radius 1 is 1.47 bits per heavy atom. The number of halogens is 2. The van der Waals surface area contributed by atoms with Crippen molar-refractivity contribution in [1.82, 2.24) is 5.32 Å². The van der Waals surface area contributed by atoms with E-state index in [4.69, 9.17) is 28.3 Å². The van der Waals surface area contributed by atoms with Crippen LogP contribution in [-0.2, 0) is 4.79 Å². The zero-order valence-corrected chi connectivity index (χ0v) is 11.6. The smallest absolute Gasteiger partial charge is 0.321 e. The van der Waals surface area contributed by atoms with E-state index in [2.05, 4.69) is 5.32 Å². The van der Waals surface area contributed by atoms with E-state index in [0.29, 0.717) is 22.3 Å². The summed E-state index contributed by atoms with van der Waals surface area (Å²) in [6.45, 7) is 2.50. The van der Waals surface area contributed by atoms with Crippen LogP contribution < -0.4 is 5.32 Å². The van der Waals surface area contributed by atoms with Crippen molar-refractivity contribution in [2.75, 3.05) is 12.3 Å². The fourth-order valence-corrected chi connectivity index (χ4v) is 2.56. The topological polar surface area (TPSA) is 49.3 Å². The number of likely N-dealkylation sites (N-methyl/N-ethyl adjacent to an activating group) is 1. The number of nitrogens with one attached hydrogen (secondary N) is 1. The van der Waals surface area contributed by atoms with Crippen molar-refractivity contribution in [3.8, 4) is 0 Å². The van der Waals surface area contributed by atoms with Crippen molar-refractivity contribution >= 4 is 40.9 Å². The van der Waals surface area contributed by atoms with Crippen molar-refractivity contribution in [2.24, 2.45) is 0 Å². The van der Waals surface area contributed by atoms with Crippen molar-refractivity contribution in [2.45, 2.75) is 17.9 Å². The molecule has 94 valence electrons. The monoisotopic (exact) mass is 293 g/mol. The molecule has 1 aromatic rings. The van der Waals surface area contributed by atoms with Gasteiger partial charge in [-0.1, -0.05) is 30.1 Å². The maximum atomic E-state index is 10.9. The summed E-state index contributed by atoms with van der Waals surface area (Å²) < 4.78 is 0. The Kier molecular flexibility index (Phi) is 6.12. The molecule has 0 fully saturated rings. The lowest BCUT2D eigenvalue weighted by molar-refractivity contribution is -0.138. The molecule has 0 saturated carbocycles. The number of carbonyl (C=O) groups is 1. The van der Waals surface area contributed by atoms with Crippen LogP contribution in [0, 0.1) is 0 Å². The lowest BCUT2D eigenvalue weighted by Crippen LogP contribution is -2.38. The van der Waals surface area contributed by atoms with Crippen LogP contribution in [0.5, 0.6) is 0 Å². The molecule has 0 aliphatic heterocycles. The Labute approximate surface area is 114 Å². The van der Waals surface area contributed by atoms with Gasteiger partial charge in [-0.05, 0) is 24.7 Å². The van der Waals surface area contributed by atoms with Crippen LogP contribution in [0.25, 0.3) is 0 Å². The molecule has 0 heterocycles. The number of rotatable bonds is 6. The zero-order chi connectivity index (χ0) is 12.8. The maximum absolute atomic E-state index is 10.9. The highest BCUT2D eigenvalue weighted by atomic mass is 35.5. The summed E-state index contributed by atoms with van der Waals surface area (Å²) >= 11 is 13.1. The Morgan fingerprint density at radius 3 is 2.71 bits per heavy atom. The van der Waals surface area contributed by atoms with Crippen molar-refractivity contribution in [3.05, 3.63) is 28.2 Å². The molecule has 1 atom stereocenters. The summed E-state index contributed by atoms with van der Waals surface area (Å²) in [6.07, 6.45) is 0. The number of aliphatic carboxylic acids is 1. The minimum absolute atomic E-state index is 0.446. The van der Waals surface area contributed by atoms with Gasteiger partial charge in [-0.15, -0.1) is 11.8 Å². The fraction of sp³-hybridized carbons (Fsp3) is 0.364. The van der Waals surface area contributed by atoms with E-state index in [1.54, 1.807) is 12.1 Å². The summed E-state index contributed by atoms with van der Waals surface area (Å²) in [4.78, 5) is 11.8. The second kappa shape index (κ2) is 7.11. The summed E-state index contributed by atoms with van der Waals surface area (Å²) in [5.41, 5.74) is 0. The normalized spacial score (nSPS) is 12.4. The van der Waals surface area contributed by atoms with Crippen molar-refractivity contribution in [1.29, 1.82) is 0 Å². The zero-order valence-electron chi connectivity index (χ0n) is 9.24. The van der Waals surface area contributed by atoms with E-state index in [9.17, 15) is 4.79 Å². The Hall–Kier alpha value is -0.420. The highest BCUT2D eigenvalue weighted by Crippen LogP contribution is 2.28. The van der Waals surface area contributed by atoms with E-state index >= 15 is 0 Å². The molecule has 3 nitrogen and oxygen atoms in total. The molecule has 1 rings (SSSR count). The van der Waals surface area contributed by atoms with Crippen LogP contribution in [-0.4, -0.2) is 29.4 Å². The molecule has 0 aromatic heterocycles. The van der Waals surface area contributed by atoms with E-state index in [1.807, 2.05) is 13.0 Å². The summed E-state index contributed by atoms with van der Waals surface area (Å²) in [5, 5.41) is 12.8. The maximum Gasteiger partial charge on any atom is 0.321 e. The molecule has 0 aliphatic rings.